The van der Waals surface area contributed by atoms with Gasteiger partial charge in [-0.15, -0.1) is 11.3 Å². The van der Waals surface area contributed by atoms with Gasteiger partial charge >= 0.3 is 5.97 Å². The van der Waals surface area contributed by atoms with Crippen LogP contribution in [0.2, 0.25) is 5.02 Å². The third kappa shape index (κ3) is 3.72. The highest BCUT2D eigenvalue weighted by Crippen LogP contribution is 2.31. The molecule has 0 aliphatic carbocycles. The fourth-order valence-corrected chi connectivity index (χ4v) is 4.02. The van der Waals surface area contributed by atoms with Crippen molar-refractivity contribution in [2.24, 2.45) is 0 Å². The number of hydrogen-bond acceptors (Lipinski definition) is 5. The maximum Gasteiger partial charge on any atom is 0.350 e. The number of methoxy groups -OCH3 is 1. The Morgan fingerprint density at radius 2 is 1.83 bits per heavy atom. The Morgan fingerprint density at radius 1 is 1.07 bits per heavy atom. The number of carbonyl (C=O) groups excluding carboxylic acids is 2. The van der Waals surface area contributed by atoms with Crippen LogP contribution < -0.4 is 5.32 Å². The van der Waals surface area contributed by atoms with E-state index < -0.39 is 5.97 Å². The molecule has 0 aliphatic rings. The second kappa shape index (κ2) is 8.03. The van der Waals surface area contributed by atoms with Gasteiger partial charge in [0.25, 0.3) is 5.91 Å². The molecule has 0 bridgehead atoms. The molecule has 7 heteroatoms. The Kier molecular flexibility index (Phi) is 5.29. The van der Waals surface area contributed by atoms with Gasteiger partial charge in [-0.1, -0.05) is 48.0 Å². The number of esters is 1. The van der Waals surface area contributed by atoms with E-state index in [2.05, 4.69) is 10.3 Å². The summed E-state index contributed by atoms with van der Waals surface area (Å²) in [5.74, 6) is -0.841. The van der Waals surface area contributed by atoms with Gasteiger partial charge < -0.3 is 10.1 Å². The first-order chi connectivity index (χ1) is 14.1. The zero-order valence-electron chi connectivity index (χ0n) is 15.3. The van der Waals surface area contributed by atoms with Crippen LogP contribution in [0, 0.1) is 0 Å². The van der Waals surface area contributed by atoms with E-state index in [0.717, 1.165) is 5.56 Å². The number of fused-ring (bicyclic) bond motifs is 1. The van der Waals surface area contributed by atoms with Gasteiger partial charge in [0.15, 0.2) is 0 Å². The van der Waals surface area contributed by atoms with Gasteiger partial charge in [-0.2, -0.15) is 0 Å². The molecule has 0 radical (unpaired) electrons. The molecule has 4 aromatic rings. The quantitative estimate of drug-likeness (QED) is 0.431. The first-order valence-corrected chi connectivity index (χ1v) is 9.96. The molecule has 0 aliphatic heterocycles. The van der Waals surface area contributed by atoms with Crippen molar-refractivity contribution in [3.05, 3.63) is 81.5 Å². The Hall–Kier alpha value is -3.22. The van der Waals surface area contributed by atoms with E-state index in [9.17, 15) is 9.59 Å². The van der Waals surface area contributed by atoms with E-state index in [1.165, 1.54) is 18.4 Å². The van der Waals surface area contributed by atoms with Gasteiger partial charge in [0, 0.05) is 16.0 Å². The molecule has 0 unspecified atom stereocenters. The highest BCUT2D eigenvalue weighted by Gasteiger charge is 2.19. The lowest BCUT2D eigenvalue weighted by Gasteiger charge is -2.11. The molecule has 2 aromatic heterocycles. The summed E-state index contributed by atoms with van der Waals surface area (Å²) in [6.07, 6.45) is 0. The van der Waals surface area contributed by atoms with E-state index in [1.54, 1.807) is 23.6 Å². The summed E-state index contributed by atoms with van der Waals surface area (Å²) in [5.41, 5.74) is 2.85. The van der Waals surface area contributed by atoms with Crippen molar-refractivity contribution >= 4 is 51.4 Å². The number of ether oxygens (including phenoxy) is 1. The second-order valence-electron chi connectivity index (χ2n) is 6.16. The number of halogens is 1. The van der Waals surface area contributed by atoms with Gasteiger partial charge in [0.2, 0.25) is 0 Å². The molecule has 0 fully saturated rings. The predicted molar refractivity (Wildman–Crippen MR) is 116 cm³/mol. The van der Waals surface area contributed by atoms with Crippen molar-refractivity contribution in [2.75, 3.05) is 12.4 Å². The summed E-state index contributed by atoms with van der Waals surface area (Å²) >= 11 is 7.54. The van der Waals surface area contributed by atoms with Gasteiger partial charge in [0.1, 0.15) is 4.88 Å². The molecule has 0 spiro atoms. The van der Waals surface area contributed by atoms with Crippen LogP contribution in [0.5, 0.6) is 0 Å². The Labute approximate surface area is 175 Å². The standard InChI is InChI=1S/C22H15ClN2O3S/c1-28-22(27)20-18(10-11-29-20)25-21(26)15-12-19(14-7-2-4-8-16(14)23)24-17-9-5-3-6-13(15)17/h2-12H,1H3,(H,25,26). The lowest BCUT2D eigenvalue weighted by atomic mass is 10.0. The van der Waals surface area contributed by atoms with Crippen LogP contribution in [0.1, 0.15) is 20.0 Å². The van der Waals surface area contributed by atoms with Crippen molar-refractivity contribution in [3.8, 4) is 11.3 Å². The van der Waals surface area contributed by atoms with Gasteiger partial charge in [0.05, 0.1) is 29.6 Å². The van der Waals surface area contributed by atoms with Crippen LogP contribution in [0.25, 0.3) is 22.2 Å². The lowest BCUT2D eigenvalue weighted by molar-refractivity contribution is 0.0607. The minimum atomic E-state index is -0.494. The van der Waals surface area contributed by atoms with Crippen LogP contribution in [-0.2, 0) is 4.74 Å². The summed E-state index contributed by atoms with van der Waals surface area (Å²) in [6, 6.07) is 18.1. The average molecular weight is 423 g/mol. The van der Waals surface area contributed by atoms with Crippen molar-refractivity contribution in [3.63, 3.8) is 0 Å². The highest BCUT2D eigenvalue weighted by atomic mass is 35.5. The van der Waals surface area contributed by atoms with Crippen molar-refractivity contribution in [1.29, 1.82) is 0 Å². The second-order valence-corrected chi connectivity index (χ2v) is 7.48. The zero-order chi connectivity index (χ0) is 20.4. The van der Waals surface area contributed by atoms with Crippen molar-refractivity contribution in [1.82, 2.24) is 4.98 Å². The fraction of sp³-hybridized carbons (Fsp3) is 0.0455. The Balaban J connectivity index is 1.81. The lowest BCUT2D eigenvalue weighted by Crippen LogP contribution is -2.15. The molecular formula is C22H15ClN2O3S. The summed E-state index contributed by atoms with van der Waals surface area (Å²) in [6.45, 7) is 0. The Bertz CT molecular complexity index is 1240. The van der Waals surface area contributed by atoms with E-state index in [-0.39, 0.29) is 5.91 Å². The number of benzene rings is 2. The van der Waals surface area contributed by atoms with Crippen molar-refractivity contribution in [2.45, 2.75) is 0 Å². The molecule has 0 saturated carbocycles. The summed E-state index contributed by atoms with van der Waals surface area (Å²) in [4.78, 5) is 30.1. The minimum absolute atomic E-state index is 0.338. The number of carbonyl (C=O) groups is 2. The number of nitrogens with zero attached hydrogens (tertiary/aromatic N) is 1. The van der Waals surface area contributed by atoms with Gasteiger partial charge in [-0.25, -0.2) is 9.78 Å². The molecule has 5 nitrogen and oxygen atoms in total. The van der Waals surface area contributed by atoms with Crippen LogP contribution in [0.4, 0.5) is 5.69 Å². The van der Waals surface area contributed by atoms with E-state index in [4.69, 9.17) is 16.3 Å². The molecule has 2 aromatic carbocycles. The monoisotopic (exact) mass is 422 g/mol. The first kappa shape index (κ1) is 19.1. The third-order valence-corrected chi connectivity index (χ3v) is 5.62. The number of pyridine rings is 1. The van der Waals surface area contributed by atoms with Crippen LogP contribution >= 0.6 is 22.9 Å². The zero-order valence-corrected chi connectivity index (χ0v) is 16.9. The largest absolute Gasteiger partial charge is 0.465 e. The molecular weight excluding hydrogens is 408 g/mol. The third-order valence-electron chi connectivity index (χ3n) is 4.39. The van der Waals surface area contributed by atoms with Crippen LogP contribution in [0.15, 0.2) is 66.0 Å². The molecule has 29 heavy (non-hydrogen) atoms. The highest BCUT2D eigenvalue weighted by molar-refractivity contribution is 7.12. The predicted octanol–water partition coefficient (Wildman–Crippen LogP) is 5.66. The molecule has 0 atom stereocenters. The van der Waals surface area contributed by atoms with Crippen molar-refractivity contribution < 1.29 is 14.3 Å². The summed E-state index contributed by atoms with van der Waals surface area (Å²) in [5, 5.41) is 5.79. The smallest absolute Gasteiger partial charge is 0.350 e. The molecule has 1 amide bonds. The van der Waals surface area contributed by atoms with Crippen LogP contribution in [-0.4, -0.2) is 24.0 Å². The number of thiophene rings is 1. The minimum Gasteiger partial charge on any atom is -0.465 e. The number of nitrogens with one attached hydrogen (secondary N) is 1. The molecule has 4 rings (SSSR count). The number of para-hydroxylation sites is 1. The molecule has 0 saturated heterocycles. The maximum absolute atomic E-state index is 13.1. The fourth-order valence-electron chi connectivity index (χ4n) is 3.02. The number of hydrogen-bond donors (Lipinski definition) is 1. The molecule has 1 N–H and O–H groups in total. The van der Waals surface area contributed by atoms with Crippen LogP contribution in [0.3, 0.4) is 0 Å². The average Bonchev–Trinajstić information content (AvgIpc) is 3.20. The van der Waals surface area contributed by atoms with E-state index in [1.807, 2.05) is 42.5 Å². The SMILES string of the molecule is COC(=O)c1sccc1NC(=O)c1cc(-c2ccccc2Cl)nc2ccccc12. The molecule has 144 valence electrons. The molecule has 2 heterocycles. The normalized spacial score (nSPS) is 10.7. The number of rotatable bonds is 4. The van der Waals surface area contributed by atoms with E-state index in [0.29, 0.717) is 37.7 Å². The summed E-state index contributed by atoms with van der Waals surface area (Å²) < 4.78 is 4.78. The summed E-state index contributed by atoms with van der Waals surface area (Å²) in [7, 11) is 1.31. The number of anilines is 1. The van der Waals surface area contributed by atoms with E-state index >= 15 is 0 Å². The van der Waals surface area contributed by atoms with Gasteiger partial charge in [-0.3, -0.25) is 4.79 Å². The van der Waals surface area contributed by atoms with Gasteiger partial charge in [-0.05, 0) is 29.6 Å². The topological polar surface area (TPSA) is 68.3 Å². The Morgan fingerprint density at radius 3 is 2.62 bits per heavy atom. The number of amides is 1. The number of aromatic nitrogens is 1. The first-order valence-electron chi connectivity index (χ1n) is 8.70. The maximum atomic E-state index is 13.1.